The van der Waals surface area contributed by atoms with Crippen molar-refractivity contribution in [1.82, 2.24) is 0 Å². The lowest BCUT2D eigenvalue weighted by molar-refractivity contribution is -0.591. The van der Waals surface area contributed by atoms with Crippen LogP contribution in [0.25, 0.3) is 0 Å². The summed E-state index contributed by atoms with van der Waals surface area (Å²) in [5.41, 5.74) is 0.989. The molecule has 0 bridgehead atoms. The number of ketones is 1. The molecule has 0 aliphatic carbocycles. The molecule has 1 heterocycles. The number of pyridine rings is 1. The van der Waals surface area contributed by atoms with E-state index in [0.717, 1.165) is 12.3 Å². The molecule has 29 heavy (non-hydrogen) atoms. The lowest BCUT2D eigenvalue weighted by Crippen LogP contribution is -2.30. The van der Waals surface area contributed by atoms with Crippen molar-refractivity contribution < 1.29 is 19.2 Å². The Morgan fingerprint density at radius 1 is 1.03 bits per heavy atom. The van der Waals surface area contributed by atoms with E-state index in [1.165, 1.54) is 6.07 Å². The zero-order valence-corrected chi connectivity index (χ0v) is 15.5. The van der Waals surface area contributed by atoms with E-state index in [0.29, 0.717) is 41.2 Å². The molecule has 0 unspecified atom stereocenters. The minimum absolute atomic E-state index is 0.0802. The maximum atomic E-state index is 12.5. The summed E-state index contributed by atoms with van der Waals surface area (Å²) in [6.45, 7) is 0.746. The summed E-state index contributed by atoms with van der Waals surface area (Å²) in [6, 6.07) is 18.3. The number of aromatic nitrogens is 1. The summed E-state index contributed by atoms with van der Waals surface area (Å²) in [7, 11) is 0. The van der Waals surface area contributed by atoms with Crippen LogP contribution in [0.15, 0.2) is 72.9 Å². The molecular weight excluding hydrogens is 374 g/mol. The van der Waals surface area contributed by atoms with Gasteiger partial charge in [0.05, 0.1) is 24.1 Å². The lowest BCUT2D eigenvalue weighted by Gasteiger charge is -2.09. The molecular formula is C21H19N3O5. The van der Waals surface area contributed by atoms with Gasteiger partial charge in [-0.15, -0.1) is 0 Å². The van der Waals surface area contributed by atoms with Crippen molar-refractivity contribution in [2.75, 3.05) is 18.5 Å². The molecule has 0 saturated carbocycles. The first-order valence-electron chi connectivity index (χ1n) is 8.99. The minimum atomic E-state index is -0.558. The Hall–Kier alpha value is -3.94. The summed E-state index contributed by atoms with van der Waals surface area (Å²) in [6.07, 6.45) is 1.64. The Labute approximate surface area is 167 Å². The second-order valence-electron chi connectivity index (χ2n) is 6.20. The van der Waals surface area contributed by atoms with Gasteiger partial charge in [-0.3, -0.25) is 20.2 Å². The topological polar surface area (TPSA) is 108 Å². The summed E-state index contributed by atoms with van der Waals surface area (Å²) in [5, 5.41) is 25.3. The SMILES string of the molecule is O=C(c1ccccc1)c1cccc(OCCCNc2cc([N+](=O)[O-])cc[n+]2[O-])c1. The smallest absolute Gasteiger partial charge is 0.284 e. The fraction of sp³-hybridized carbons (Fsp3) is 0.143. The molecule has 1 N–H and O–H groups in total. The Morgan fingerprint density at radius 2 is 1.79 bits per heavy atom. The van der Waals surface area contributed by atoms with Crippen LogP contribution in [-0.4, -0.2) is 23.9 Å². The number of nitrogens with one attached hydrogen (secondary N) is 1. The van der Waals surface area contributed by atoms with Crippen LogP contribution in [0.5, 0.6) is 5.75 Å². The van der Waals surface area contributed by atoms with Gasteiger partial charge in [-0.2, -0.15) is 0 Å². The number of hydrogen-bond acceptors (Lipinski definition) is 6. The highest BCUT2D eigenvalue weighted by Gasteiger charge is 2.12. The van der Waals surface area contributed by atoms with Crippen LogP contribution >= 0.6 is 0 Å². The average molecular weight is 393 g/mol. The number of carbonyl (C=O) groups excluding carboxylic acids is 1. The fourth-order valence-corrected chi connectivity index (χ4v) is 2.68. The van der Waals surface area contributed by atoms with Gasteiger partial charge in [0, 0.05) is 17.5 Å². The van der Waals surface area contributed by atoms with E-state index in [-0.39, 0.29) is 17.3 Å². The maximum absolute atomic E-state index is 12.5. The Balaban J connectivity index is 1.51. The van der Waals surface area contributed by atoms with Gasteiger partial charge in [0.2, 0.25) is 0 Å². The van der Waals surface area contributed by atoms with Crippen LogP contribution in [0.4, 0.5) is 11.5 Å². The van der Waals surface area contributed by atoms with E-state index in [1.54, 1.807) is 36.4 Å². The van der Waals surface area contributed by atoms with Gasteiger partial charge in [-0.1, -0.05) is 42.5 Å². The third-order valence-electron chi connectivity index (χ3n) is 4.14. The molecule has 3 aromatic rings. The number of rotatable bonds is 9. The predicted octanol–water partition coefficient (Wildman–Crippen LogP) is 3.34. The van der Waals surface area contributed by atoms with Crippen molar-refractivity contribution in [1.29, 1.82) is 0 Å². The molecule has 0 radical (unpaired) electrons. The van der Waals surface area contributed by atoms with E-state index >= 15 is 0 Å². The second kappa shape index (κ2) is 9.32. The number of carbonyl (C=O) groups is 1. The monoisotopic (exact) mass is 393 g/mol. The van der Waals surface area contributed by atoms with Gasteiger partial charge in [-0.25, -0.2) is 4.73 Å². The van der Waals surface area contributed by atoms with Crippen LogP contribution in [0, 0.1) is 15.3 Å². The molecule has 148 valence electrons. The number of nitro groups is 1. The standard InChI is InChI=1S/C21H19N3O5/c25-21(16-6-2-1-3-7-16)17-8-4-9-19(14-17)29-13-5-11-22-20-15-18(24(27)28)10-12-23(20)26/h1-4,6-10,12,14-15,22H,5,11,13H2. The largest absolute Gasteiger partial charge is 0.711 e. The van der Waals surface area contributed by atoms with Gasteiger partial charge in [0.1, 0.15) is 18.0 Å². The van der Waals surface area contributed by atoms with Crippen LogP contribution in [0.1, 0.15) is 22.3 Å². The van der Waals surface area contributed by atoms with Gasteiger partial charge in [-0.05, 0) is 12.1 Å². The van der Waals surface area contributed by atoms with Crippen molar-refractivity contribution in [2.24, 2.45) is 0 Å². The number of ether oxygens (including phenoxy) is 1. The van der Waals surface area contributed by atoms with Crippen LogP contribution in [0.3, 0.4) is 0 Å². The molecule has 0 aliphatic rings. The van der Waals surface area contributed by atoms with E-state index in [1.807, 2.05) is 18.2 Å². The summed E-state index contributed by atoms with van der Waals surface area (Å²) >= 11 is 0. The number of hydrogen-bond donors (Lipinski definition) is 1. The first kappa shape index (κ1) is 19.8. The molecule has 3 rings (SSSR count). The zero-order chi connectivity index (χ0) is 20.6. The summed E-state index contributed by atoms with van der Waals surface area (Å²) in [5.74, 6) is 0.596. The molecule has 8 nitrogen and oxygen atoms in total. The average Bonchev–Trinajstić information content (AvgIpc) is 2.75. The highest BCUT2D eigenvalue weighted by atomic mass is 16.6. The molecule has 0 saturated heterocycles. The Morgan fingerprint density at radius 3 is 2.55 bits per heavy atom. The second-order valence-corrected chi connectivity index (χ2v) is 6.20. The number of anilines is 1. The van der Waals surface area contributed by atoms with E-state index in [9.17, 15) is 20.1 Å². The molecule has 0 fully saturated rings. The van der Waals surface area contributed by atoms with E-state index < -0.39 is 4.92 Å². The van der Waals surface area contributed by atoms with Crippen LogP contribution in [-0.2, 0) is 0 Å². The molecule has 8 heteroatoms. The molecule has 1 aromatic heterocycles. The Kier molecular flexibility index (Phi) is 6.36. The maximum Gasteiger partial charge on any atom is 0.284 e. The molecule has 0 atom stereocenters. The summed E-state index contributed by atoms with van der Waals surface area (Å²) < 4.78 is 6.21. The van der Waals surface area contributed by atoms with Crippen molar-refractivity contribution in [3.05, 3.63) is 99.4 Å². The van der Waals surface area contributed by atoms with E-state index in [4.69, 9.17) is 4.74 Å². The van der Waals surface area contributed by atoms with Gasteiger partial charge >= 0.3 is 0 Å². The molecule has 2 aromatic carbocycles. The van der Waals surface area contributed by atoms with Crippen LogP contribution < -0.4 is 14.8 Å². The third kappa shape index (κ3) is 5.29. The zero-order valence-electron chi connectivity index (χ0n) is 15.5. The van der Waals surface area contributed by atoms with Gasteiger partial charge in [0.25, 0.3) is 11.5 Å². The molecule has 0 spiro atoms. The summed E-state index contributed by atoms with van der Waals surface area (Å²) in [4.78, 5) is 22.7. The van der Waals surface area contributed by atoms with Crippen molar-refractivity contribution >= 4 is 17.3 Å². The van der Waals surface area contributed by atoms with Crippen LogP contribution in [0.2, 0.25) is 0 Å². The number of nitrogens with zero attached hydrogens (tertiary/aromatic N) is 2. The van der Waals surface area contributed by atoms with Gasteiger partial charge in [0.15, 0.2) is 5.78 Å². The van der Waals surface area contributed by atoms with Crippen molar-refractivity contribution in [2.45, 2.75) is 6.42 Å². The van der Waals surface area contributed by atoms with Crippen molar-refractivity contribution in [3.63, 3.8) is 0 Å². The lowest BCUT2D eigenvalue weighted by atomic mass is 10.0. The normalized spacial score (nSPS) is 10.3. The van der Waals surface area contributed by atoms with Gasteiger partial charge < -0.3 is 9.94 Å². The fourth-order valence-electron chi connectivity index (χ4n) is 2.68. The first-order chi connectivity index (χ1) is 14.0. The highest BCUT2D eigenvalue weighted by Crippen LogP contribution is 2.17. The predicted molar refractivity (Wildman–Crippen MR) is 107 cm³/mol. The number of benzene rings is 2. The molecule has 0 amide bonds. The first-order valence-corrected chi connectivity index (χ1v) is 8.99. The third-order valence-corrected chi connectivity index (χ3v) is 4.14. The quantitative estimate of drug-likeness (QED) is 0.149. The van der Waals surface area contributed by atoms with Crippen molar-refractivity contribution in [3.8, 4) is 5.75 Å². The molecule has 0 aliphatic heterocycles. The minimum Gasteiger partial charge on any atom is -0.711 e. The Bertz CT molecular complexity index is 1010. The van der Waals surface area contributed by atoms with E-state index in [2.05, 4.69) is 5.32 Å². The highest BCUT2D eigenvalue weighted by molar-refractivity contribution is 6.09.